The summed E-state index contributed by atoms with van der Waals surface area (Å²) in [4.78, 5) is 0. The predicted molar refractivity (Wildman–Crippen MR) is 59.6 cm³/mol. The third kappa shape index (κ3) is 7.32. The Bertz CT molecular complexity index is 192. The van der Waals surface area contributed by atoms with Crippen LogP contribution in [0.1, 0.15) is 27.2 Å². The molecular weight excluding hydrogens is 192 g/mol. The molecule has 1 unspecified atom stereocenters. The van der Waals surface area contributed by atoms with Gasteiger partial charge in [0.1, 0.15) is 5.54 Å². The highest BCUT2D eigenvalue weighted by atomic mass is 16.5. The summed E-state index contributed by atoms with van der Waals surface area (Å²) in [5, 5.41) is 12.0. The van der Waals surface area contributed by atoms with Crippen molar-refractivity contribution in [3.8, 4) is 6.07 Å². The number of hydrogen-bond donors (Lipinski definition) is 1. The summed E-state index contributed by atoms with van der Waals surface area (Å²) in [5.41, 5.74) is -0.584. The Balaban J connectivity index is 3.51. The fraction of sp³-hybridized carbons (Fsp3) is 0.909. The lowest BCUT2D eigenvalue weighted by Crippen LogP contribution is -2.45. The second-order valence-electron chi connectivity index (χ2n) is 3.64. The zero-order valence-electron chi connectivity index (χ0n) is 10.0. The van der Waals surface area contributed by atoms with E-state index in [1.165, 1.54) is 0 Å². The molecule has 15 heavy (non-hydrogen) atoms. The second-order valence-corrected chi connectivity index (χ2v) is 3.64. The molecule has 0 aliphatic rings. The van der Waals surface area contributed by atoms with E-state index in [1.807, 2.05) is 13.8 Å². The summed E-state index contributed by atoms with van der Waals surface area (Å²) < 4.78 is 10.6. The van der Waals surface area contributed by atoms with Gasteiger partial charge >= 0.3 is 0 Å². The highest BCUT2D eigenvalue weighted by molar-refractivity contribution is 5.03. The van der Waals surface area contributed by atoms with E-state index < -0.39 is 5.54 Å². The third-order valence-corrected chi connectivity index (χ3v) is 1.92. The predicted octanol–water partition coefficient (Wildman–Crippen LogP) is 1.32. The number of nitriles is 1. The van der Waals surface area contributed by atoms with Gasteiger partial charge in [-0.2, -0.15) is 5.26 Å². The Morgan fingerprint density at radius 1 is 1.20 bits per heavy atom. The standard InChI is InChI=1S/C11H22N2O2/c1-4-6-14-7-8-15-10-11(3,9-12)13-5-2/h13H,4-8,10H2,1-3H3. The molecule has 0 aromatic rings. The fourth-order valence-corrected chi connectivity index (χ4v) is 1.15. The van der Waals surface area contributed by atoms with E-state index in [1.54, 1.807) is 0 Å². The molecule has 0 rings (SSSR count). The maximum absolute atomic E-state index is 8.93. The zero-order valence-corrected chi connectivity index (χ0v) is 10.0. The smallest absolute Gasteiger partial charge is 0.127 e. The number of nitrogens with zero attached hydrogens (tertiary/aromatic N) is 1. The van der Waals surface area contributed by atoms with Crippen LogP contribution in [0.5, 0.6) is 0 Å². The Hall–Kier alpha value is -0.630. The maximum atomic E-state index is 8.93. The second kappa shape index (κ2) is 8.66. The quantitative estimate of drug-likeness (QED) is 0.588. The Morgan fingerprint density at radius 3 is 2.40 bits per heavy atom. The van der Waals surface area contributed by atoms with Crippen LogP contribution in [0, 0.1) is 11.3 Å². The van der Waals surface area contributed by atoms with Crippen molar-refractivity contribution in [3.63, 3.8) is 0 Å². The number of likely N-dealkylation sites (N-methyl/N-ethyl adjacent to an activating group) is 1. The van der Waals surface area contributed by atoms with Crippen LogP contribution in [-0.4, -0.2) is 38.5 Å². The van der Waals surface area contributed by atoms with Gasteiger partial charge in [-0.15, -0.1) is 0 Å². The molecule has 1 atom stereocenters. The van der Waals surface area contributed by atoms with Crippen molar-refractivity contribution >= 4 is 0 Å². The van der Waals surface area contributed by atoms with Gasteiger partial charge in [0, 0.05) is 6.61 Å². The van der Waals surface area contributed by atoms with Crippen LogP contribution in [0.15, 0.2) is 0 Å². The summed E-state index contributed by atoms with van der Waals surface area (Å²) in [6.07, 6.45) is 1.02. The Morgan fingerprint density at radius 2 is 1.87 bits per heavy atom. The van der Waals surface area contributed by atoms with Gasteiger partial charge in [0.05, 0.1) is 25.9 Å². The SMILES string of the molecule is CCCOCCOCC(C)(C#N)NCC. The van der Waals surface area contributed by atoms with Crippen LogP contribution in [-0.2, 0) is 9.47 Å². The van der Waals surface area contributed by atoms with Crippen LogP contribution in [0.25, 0.3) is 0 Å². The Labute approximate surface area is 92.6 Å². The van der Waals surface area contributed by atoms with Crippen LogP contribution in [0.2, 0.25) is 0 Å². The monoisotopic (exact) mass is 214 g/mol. The van der Waals surface area contributed by atoms with Crippen molar-refractivity contribution in [1.29, 1.82) is 5.26 Å². The van der Waals surface area contributed by atoms with E-state index in [0.717, 1.165) is 19.6 Å². The molecule has 88 valence electrons. The molecule has 0 radical (unpaired) electrons. The van der Waals surface area contributed by atoms with Gasteiger partial charge in [-0.1, -0.05) is 13.8 Å². The Kier molecular flexibility index (Phi) is 8.30. The van der Waals surface area contributed by atoms with Crippen LogP contribution in [0.3, 0.4) is 0 Å². The number of rotatable bonds is 9. The van der Waals surface area contributed by atoms with Gasteiger partial charge in [-0.3, -0.25) is 5.32 Å². The minimum Gasteiger partial charge on any atom is -0.379 e. The topological polar surface area (TPSA) is 54.3 Å². The lowest BCUT2D eigenvalue weighted by atomic mass is 10.1. The van der Waals surface area contributed by atoms with Gasteiger partial charge < -0.3 is 9.47 Å². The minimum absolute atomic E-state index is 0.396. The van der Waals surface area contributed by atoms with E-state index in [4.69, 9.17) is 14.7 Å². The number of ether oxygens (including phenoxy) is 2. The molecule has 0 fully saturated rings. The van der Waals surface area contributed by atoms with E-state index in [-0.39, 0.29) is 0 Å². The molecule has 0 aliphatic carbocycles. The van der Waals surface area contributed by atoms with Crippen molar-refractivity contribution in [2.45, 2.75) is 32.7 Å². The van der Waals surface area contributed by atoms with Crippen molar-refractivity contribution in [1.82, 2.24) is 5.32 Å². The van der Waals surface area contributed by atoms with Crippen molar-refractivity contribution in [2.75, 3.05) is 33.0 Å². The summed E-state index contributed by atoms with van der Waals surface area (Å²) in [7, 11) is 0. The molecule has 0 aliphatic heterocycles. The highest BCUT2D eigenvalue weighted by Gasteiger charge is 2.22. The molecule has 0 saturated carbocycles. The third-order valence-electron chi connectivity index (χ3n) is 1.92. The maximum Gasteiger partial charge on any atom is 0.127 e. The molecule has 0 bridgehead atoms. The summed E-state index contributed by atoms with van der Waals surface area (Å²) in [6, 6.07) is 2.20. The summed E-state index contributed by atoms with van der Waals surface area (Å²) in [6.45, 7) is 8.95. The fourth-order valence-electron chi connectivity index (χ4n) is 1.15. The summed E-state index contributed by atoms with van der Waals surface area (Å²) in [5.74, 6) is 0. The zero-order chi connectivity index (χ0) is 11.6. The molecule has 0 amide bonds. The van der Waals surface area contributed by atoms with Crippen LogP contribution >= 0.6 is 0 Å². The van der Waals surface area contributed by atoms with Crippen molar-refractivity contribution in [3.05, 3.63) is 0 Å². The van der Waals surface area contributed by atoms with E-state index in [9.17, 15) is 0 Å². The molecule has 0 aromatic carbocycles. The number of nitrogens with one attached hydrogen (secondary N) is 1. The van der Waals surface area contributed by atoms with Crippen LogP contribution < -0.4 is 5.32 Å². The van der Waals surface area contributed by atoms with Gasteiger partial charge in [-0.25, -0.2) is 0 Å². The van der Waals surface area contributed by atoms with Crippen molar-refractivity contribution in [2.24, 2.45) is 0 Å². The molecule has 0 heterocycles. The first kappa shape index (κ1) is 14.4. The van der Waals surface area contributed by atoms with Gasteiger partial charge in [0.25, 0.3) is 0 Å². The van der Waals surface area contributed by atoms with Gasteiger partial charge in [-0.05, 0) is 19.9 Å². The van der Waals surface area contributed by atoms with Crippen molar-refractivity contribution < 1.29 is 9.47 Å². The van der Waals surface area contributed by atoms with Gasteiger partial charge in [0.2, 0.25) is 0 Å². The molecule has 4 nitrogen and oxygen atoms in total. The average molecular weight is 214 g/mol. The first-order valence-corrected chi connectivity index (χ1v) is 5.50. The molecule has 0 saturated heterocycles. The molecule has 0 aromatic heterocycles. The van der Waals surface area contributed by atoms with E-state index in [2.05, 4.69) is 18.3 Å². The molecular formula is C11H22N2O2. The van der Waals surface area contributed by atoms with E-state index in [0.29, 0.717) is 19.8 Å². The minimum atomic E-state index is -0.584. The summed E-state index contributed by atoms with van der Waals surface area (Å²) >= 11 is 0. The molecule has 4 heteroatoms. The highest BCUT2D eigenvalue weighted by Crippen LogP contribution is 2.01. The average Bonchev–Trinajstić information content (AvgIpc) is 2.24. The number of hydrogen-bond acceptors (Lipinski definition) is 4. The van der Waals surface area contributed by atoms with Crippen LogP contribution in [0.4, 0.5) is 0 Å². The lowest BCUT2D eigenvalue weighted by Gasteiger charge is -2.22. The van der Waals surface area contributed by atoms with E-state index >= 15 is 0 Å². The molecule has 1 N–H and O–H groups in total. The first-order chi connectivity index (χ1) is 7.18. The van der Waals surface area contributed by atoms with Gasteiger partial charge in [0.15, 0.2) is 0 Å². The normalized spacial score (nSPS) is 14.5. The largest absolute Gasteiger partial charge is 0.379 e. The first-order valence-electron chi connectivity index (χ1n) is 5.50. The molecule has 0 spiro atoms. The lowest BCUT2D eigenvalue weighted by molar-refractivity contribution is 0.0326.